The van der Waals surface area contributed by atoms with Gasteiger partial charge in [-0.05, 0) is 18.9 Å². The van der Waals surface area contributed by atoms with E-state index in [0.29, 0.717) is 23.8 Å². The van der Waals surface area contributed by atoms with Crippen molar-refractivity contribution in [2.45, 2.75) is 25.3 Å². The summed E-state index contributed by atoms with van der Waals surface area (Å²) in [7, 11) is -3.27. The molecule has 9 heteroatoms. The Morgan fingerprint density at radius 3 is 2.92 bits per heavy atom. The van der Waals surface area contributed by atoms with Crippen molar-refractivity contribution in [2.24, 2.45) is 0 Å². The maximum Gasteiger partial charge on any atom is 0.228 e. The number of halogens is 1. The van der Waals surface area contributed by atoms with Gasteiger partial charge in [-0.15, -0.1) is 11.3 Å². The number of amides is 1. The van der Waals surface area contributed by atoms with E-state index >= 15 is 0 Å². The molecule has 0 saturated carbocycles. The van der Waals surface area contributed by atoms with Gasteiger partial charge in [-0.2, -0.15) is 0 Å². The van der Waals surface area contributed by atoms with Crippen LogP contribution < -0.4 is 4.72 Å². The van der Waals surface area contributed by atoms with Crippen LogP contribution in [0.3, 0.4) is 0 Å². The number of carbonyl (C=O) groups is 1. The van der Waals surface area contributed by atoms with Crippen LogP contribution in [0, 0.1) is 0 Å². The van der Waals surface area contributed by atoms with Crippen molar-refractivity contribution >= 4 is 38.9 Å². The number of nitrogens with zero attached hydrogens (tertiary/aromatic N) is 2. The molecule has 1 aliphatic rings. The third kappa shape index (κ3) is 5.03. The van der Waals surface area contributed by atoms with E-state index in [0.717, 1.165) is 29.7 Å². The normalized spacial score (nSPS) is 18.1. The molecule has 1 aliphatic heterocycles. The van der Waals surface area contributed by atoms with Crippen LogP contribution in [0.15, 0.2) is 29.6 Å². The Morgan fingerprint density at radius 2 is 2.19 bits per heavy atom. The third-order valence-corrected chi connectivity index (χ3v) is 6.16. The van der Waals surface area contributed by atoms with Gasteiger partial charge in [0.2, 0.25) is 15.9 Å². The monoisotopic (exact) mass is 413 g/mol. The average molecular weight is 414 g/mol. The second-order valence-corrected chi connectivity index (χ2v) is 9.41. The van der Waals surface area contributed by atoms with E-state index in [9.17, 15) is 13.2 Å². The minimum Gasteiger partial charge on any atom is -0.341 e. The molecule has 1 fully saturated rings. The van der Waals surface area contributed by atoms with Gasteiger partial charge in [0, 0.05) is 30.1 Å². The molecule has 0 unspecified atom stereocenters. The molecule has 0 spiro atoms. The standard InChI is InChI=1S/C17H20ClN3O3S2/c1-26(23,24)20-12-5-4-8-21(10-12)16(22)9-13-11-25-17(19-13)14-6-2-3-7-15(14)18/h2-3,6-7,11-12,20H,4-5,8-10H2,1H3/t12-/m0/s1. The Morgan fingerprint density at radius 1 is 1.42 bits per heavy atom. The zero-order chi connectivity index (χ0) is 18.7. The fourth-order valence-corrected chi connectivity index (χ4v) is 4.95. The lowest BCUT2D eigenvalue weighted by Gasteiger charge is -2.32. The minimum absolute atomic E-state index is 0.0407. The quantitative estimate of drug-likeness (QED) is 0.816. The third-order valence-electron chi connectivity index (χ3n) is 4.14. The average Bonchev–Trinajstić information content (AvgIpc) is 3.02. The highest BCUT2D eigenvalue weighted by molar-refractivity contribution is 7.88. The molecular weight excluding hydrogens is 394 g/mol. The first-order chi connectivity index (χ1) is 12.3. The number of sulfonamides is 1. The minimum atomic E-state index is -3.27. The van der Waals surface area contributed by atoms with Crippen molar-refractivity contribution in [3.8, 4) is 10.6 Å². The lowest BCUT2D eigenvalue weighted by atomic mass is 10.1. The molecule has 1 aromatic carbocycles. The van der Waals surface area contributed by atoms with E-state index in [-0.39, 0.29) is 18.4 Å². The van der Waals surface area contributed by atoms with Gasteiger partial charge in [0.15, 0.2) is 0 Å². The number of hydrogen-bond acceptors (Lipinski definition) is 5. The molecule has 1 N–H and O–H groups in total. The summed E-state index contributed by atoms with van der Waals surface area (Å²) in [6.07, 6.45) is 2.86. The van der Waals surface area contributed by atoms with E-state index < -0.39 is 10.0 Å². The van der Waals surface area contributed by atoms with Crippen molar-refractivity contribution in [3.63, 3.8) is 0 Å². The second-order valence-electron chi connectivity index (χ2n) is 6.37. The van der Waals surface area contributed by atoms with E-state index in [2.05, 4.69) is 9.71 Å². The molecule has 1 saturated heterocycles. The van der Waals surface area contributed by atoms with Gasteiger partial charge in [-0.25, -0.2) is 18.1 Å². The van der Waals surface area contributed by atoms with Crippen molar-refractivity contribution in [1.29, 1.82) is 0 Å². The molecule has 6 nitrogen and oxygen atoms in total. The molecule has 2 heterocycles. The summed E-state index contributed by atoms with van der Waals surface area (Å²) in [5, 5.41) is 3.28. The topological polar surface area (TPSA) is 79.4 Å². The van der Waals surface area contributed by atoms with E-state index in [1.54, 1.807) is 4.90 Å². The Balaban J connectivity index is 1.64. The van der Waals surface area contributed by atoms with E-state index in [1.165, 1.54) is 11.3 Å². The first-order valence-corrected chi connectivity index (χ1v) is 11.4. The van der Waals surface area contributed by atoms with Gasteiger partial charge in [0.1, 0.15) is 5.01 Å². The van der Waals surface area contributed by atoms with Crippen LogP contribution in [0.1, 0.15) is 18.5 Å². The second kappa shape index (κ2) is 8.04. The Kier molecular flexibility index (Phi) is 5.96. The Hall–Kier alpha value is -1.48. The highest BCUT2D eigenvalue weighted by Crippen LogP contribution is 2.30. The van der Waals surface area contributed by atoms with Crippen LogP contribution in [-0.2, 0) is 21.2 Å². The molecule has 0 radical (unpaired) electrons. The smallest absolute Gasteiger partial charge is 0.228 e. The van der Waals surface area contributed by atoms with Crippen molar-refractivity contribution in [1.82, 2.24) is 14.6 Å². The number of nitrogens with one attached hydrogen (secondary N) is 1. The maximum absolute atomic E-state index is 12.6. The summed E-state index contributed by atoms with van der Waals surface area (Å²) in [6.45, 7) is 1.04. The molecule has 2 aromatic rings. The number of aromatic nitrogens is 1. The summed E-state index contributed by atoms with van der Waals surface area (Å²) in [5.41, 5.74) is 1.56. The van der Waals surface area contributed by atoms with Gasteiger partial charge in [0.25, 0.3) is 0 Å². The van der Waals surface area contributed by atoms with Crippen molar-refractivity contribution in [3.05, 3.63) is 40.4 Å². The van der Waals surface area contributed by atoms with Crippen LogP contribution in [0.25, 0.3) is 10.6 Å². The largest absolute Gasteiger partial charge is 0.341 e. The SMILES string of the molecule is CS(=O)(=O)N[C@H]1CCCN(C(=O)Cc2csc(-c3ccccc3Cl)n2)C1. The zero-order valence-electron chi connectivity index (χ0n) is 14.3. The number of piperidine rings is 1. The van der Waals surface area contributed by atoms with Crippen LogP contribution in [0.4, 0.5) is 0 Å². The number of hydrogen-bond donors (Lipinski definition) is 1. The van der Waals surface area contributed by atoms with E-state index in [4.69, 9.17) is 11.6 Å². The summed E-state index contributed by atoms with van der Waals surface area (Å²) < 4.78 is 25.4. The predicted octanol–water partition coefficient (Wildman–Crippen LogP) is 2.55. The molecule has 26 heavy (non-hydrogen) atoms. The first kappa shape index (κ1) is 19.3. The maximum atomic E-state index is 12.6. The number of benzene rings is 1. The summed E-state index contributed by atoms with van der Waals surface area (Å²) >= 11 is 7.66. The lowest BCUT2D eigenvalue weighted by molar-refractivity contribution is -0.131. The van der Waals surface area contributed by atoms with Crippen LogP contribution in [0.2, 0.25) is 5.02 Å². The molecule has 0 bridgehead atoms. The molecule has 140 valence electrons. The van der Waals surface area contributed by atoms with Crippen molar-refractivity contribution < 1.29 is 13.2 Å². The van der Waals surface area contributed by atoms with Crippen molar-refractivity contribution in [2.75, 3.05) is 19.3 Å². The van der Waals surface area contributed by atoms with Gasteiger partial charge < -0.3 is 4.90 Å². The Labute approximate surface area is 162 Å². The summed E-state index contributed by atoms with van der Waals surface area (Å²) in [4.78, 5) is 18.8. The highest BCUT2D eigenvalue weighted by Gasteiger charge is 2.26. The fraction of sp³-hybridized carbons (Fsp3) is 0.412. The summed E-state index contributed by atoms with van der Waals surface area (Å²) in [5.74, 6) is -0.0407. The van der Waals surface area contributed by atoms with Gasteiger partial charge in [0.05, 0.1) is 23.4 Å². The molecule has 1 aromatic heterocycles. The molecule has 0 aliphatic carbocycles. The van der Waals surface area contributed by atoms with Crippen LogP contribution in [-0.4, -0.2) is 49.6 Å². The number of likely N-dealkylation sites (tertiary alicyclic amines) is 1. The lowest BCUT2D eigenvalue weighted by Crippen LogP contribution is -2.49. The number of carbonyl (C=O) groups excluding carboxylic acids is 1. The van der Waals surface area contributed by atoms with Gasteiger partial charge >= 0.3 is 0 Å². The first-order valence-electron chi connectivity index (χ1n) is 8.26. The van der Waals surface area contributed by atoms with Crippen LogP contribution in [0.5, 0.6) is 0 Å². The fourth-order valence-electron chi connectivity index (χ4n) is 3.02. The molecular formula is C17H20ClN3O3S2. The predicted molar refractivity (Wildman–Crippen MR) is 104 cm³/mol. The summed E-state index contributed by atoms with van der Waals surface area (Å²) in [6, 6.07) is 7.25. The van der Waals surface area contributed by atoms with E-state index in [1.807, 2.05) is 29.6 Å². The highest BCUT2D eigenvalue weighted by atomic mass is 35.5. The number of thiazole rings is 1. The van der Waals surface area contributed by atoms with Crippen LogP contribution >= 0.6 is 22.9 Å². The Bertz CT molecular complexity index is 898. The molecule has 1 amide bonds. The van der Waals surface area contributed by atoms with Gasteiger partial charge in [-0.3, -0.25) is 4.79 Å². The number of rotatable bonds is 5. The molecule has 1 atom stereocenters. The zero-order valence-corrected chi connectivity index (χ0v) is 16.7. The van der Waals surface area contributed by atoms with Gasteiger partial charge in [-0.1, -0.05) is 29.8 Å². The molecule has 3 rings (SSSR count).